The monoisotopic (exact) mass is 673 g/mol. The van der Waals surface area contributed by atoms with Crippen LogP contribution in [0.15, 0.2) is 60.8 Å². The Bertz CT molecular complexity index is 1750. The molecule has 12 heteroatoms. The Labute approximate surface area is 286 Å². The van der Waals surface area contributed by atoms with Crippen LogP contribution in [0, 0.1) is 24.7 Å². The average molecular weight is 674 g/mol. The van der Waals surface area contributed by atoms with Crippen molar-refractivity contribution in [2.45, 2.75) is 33.1 Å². The van der Waals surface area contributed by atoms with Crippen molar-refractivity contribution in [2.24, 2.45) is 24.8 Å². The molecule has 0 radical (unpaired) electrons. The van der Waals surface area contributed by atoms with Crippen LogP contribution in [-0.4, -0.2) is 88.0 Å². The number of fused-ring (bicyclic) bond motifs is 2. The Morgan fingerprint density at radius 1 is 1.00 bits per heavy atom. The number of likely N-dealkylation sites (tertiary alicyclic amines) is 2. The molecule has 3 N–H and O–H groups in total. The van der Waals surface area contributed by atoms with Gasteiger partial charge < -0.3 is 25.4 Å². The first kappa shape index (κ1) is 34.7. The van der Waals surface area contributed by atoms with Crippen LogP contribution in [0.1, 0.15) is 40.7 Å². The molecule has 3 unspecified atom stereocenters. The summed E-state index contributed by atoms with van der Waals surface area (Å²) in [5.74, 6) is -1.65. The molecular weight excluding hydrogens is 630 g/mol. The number of H-pyrrole nitrogens is 1. The zero-order chi connectivity index (χ0) is 34.4. The van der Waals surface area contributed by atoms with E-state index in [1.807, 2.05) is 25.3 Å². The smallest absolute Gasteiger partial charge is 0.274 e. The molecule has 4 heterocycles. The van der Waals surface area contributed by atoms with Crippen molar-refractivity contribution in [3.63, 3.8) is 0 Å². The van der Waals surface area contributed by atoms with Crippen LogP contribution in [-0.2, 0) is 34.3 Å². The van der Waals surface area contributed by atoms with E-state index in [0.717, 1.165) is 22.2 Å². The van der Waals surface area contributed by atoms with E-state index in [-0.39, 0.29) is 55.0 Å². The highest BCUT2D eigenvalue weighted by atomic mass is 35.5. The summed E-state index contributed by atoms with van der Waals surface area (Å²) in [6, 6.07) is 17.8. The number of likely N-dealkylation sites (N-methyl/N-ethyl adjacent to an activating group) is 1. The van der Waals surface area contributed by atoms with Crippen molar-refractivity contribution >= 4 is 46.1 Å². The van der Waals surface area contributed by atoms with Crippen LogP contribution in [0.5, 0.6) is 0 Å². The Balaban J connectivity index is 0.000000434. The van der Waals surface area contributed by atoms with E-state index < -0.39 is 5.92 Å². The Morgan fingerprint density at radius 3 is 2.44 bits per heavy atom. The summed E-state index contributed by atoms with van der Waals surface area (Å²) in [5.41, 5.74) is 4.38. The summed E-state index contributed by atoms with van der Waals surface area (Å²) >= 11 is 6.10. The van der Waals surface area contributed by atoms with Crippen molar-refractivity contribution in [3.8, 4) is 0 Å². The predicted octanol–water partition coefficient (Wildman–Crippen LogP) is 3.75. The van der Waals surface area contributed by atoms with Gasteiger partial charge in [-0.2, -0.15) is 5.10 Å². The van der Waals surface area contributed by atoms with Crippen LogP contribution in [0.2, 0.25) is 5.02 Å². The molecule has 2 saturated heterocycles. The van der Waals surface area contributed by atoms with Crippen molar-refractivity contribution in [1.82, 2.24) is 35.2 Å². The van der Waals surface area contributed by atoms with Gasteiger partial charge >= 0.3 is 0 Å². The molecule has 0 spiro atoms. The van der Waals surface area contributed by atoms with E-state index in [4.69, 9.17) is 11.6 Å². The standard InChI is InChI=1S/C27H32ClN7O4.C9H12/c1-15-6-23(32-33(15)3)27(39)35-12-17-11-34(14-21(20(17)13-35)26(38)31-10-24(36)29-2)25(37)7-16-9-30-22-8-18(28)4-5-19(16)22;1-2-6-9-7-4-3-5-8-9/h4-6,8-9,17,20-21,30H,7,10-14H2,1-3H3,(H,29,36)(H,31,38);3-5,7-8H,2,6H2,1H3. The molecule has 2 fully saturated rings. The number of aryl methyl sites for hydroxylation is 3. The summed E-state index contributed by atoms with van der Waals surface area (Å²) in [5, 5.41) is 11.1. The van der Waals surface area contributed by atoms with Gasteiger partial charge in [-0.3, -0.25) is 23.9 Å². The van der Waals surface area contributed by atoms with Gasteiger partial charge in [0.05, 0.1) is 18.9 Å². The number of rotatable bonds is 8. The van der Waals surface area contributed by atoms with Gasteiger partial charge in [-0.25, -0.2) is 0 Å². The lowest BCUT2D eigenvalue weighted by Gasteiger charge is -2.39. The van der Waals surface area contributed by atoms with Crippen molar-refractivity contribution < 1.29 is 19.2 Å². The summed E-state index contributed by atoms with van der Waals surface area (Å²) in [6.07, 6.45) is 4.43. The Kier molecular flexibility index (Phi) is 11.2. The molecular formula is C36H44ClN7O4. The second kappa shape index (κ2) is 15.5. The minimum atomic E-state index is -0.553. The maximum absolute atomic E-state index is 13.5. The molecule has 4 amide bonds. The number of carbonyl (C=O) groups is 4. The lowest BCUT2D eigenvalue weighted by molar-refractivity contribution is -0.139. The zero-order valence-electron chi connectivity index (χ0n) is 28.0. The number of piperidine rings is 1. The van der Waals surface area contributed by atoms with Crippen LogP contribution >= 0.6 is 11.6 Å². The molecule has 11 nitrogen and oxygen atoms in total. The number of aromatic amines is 1. The molecule has 48 heavy (non-hydrogen) atoms. The largest absolute Gasteiger partial charge is 0.361 e. The molecule has 2 aromatic heterocycles. The summed E-state index contributed by atoms with van der Waals surface area (Å²) < 4.78 is 1.66. The Morgan fingerprint density at radius 2 is 1.75 bits per heavy atom. The number of aromatic nitrogens is 3. The SMILES string of the molecule is CCCc1ccccc1.CNC(=O)CNC(=O)C1CN(C(=O)Cc2c[nH]c3cc(Cl)ccc23)CC2CN(C(=O)c3cc(C)n(C)n3)CC21. The molecule has 0 bridgehead atoms. The van der Waals surface area contributed by atoms with E-state index in [9.17, 15) is 19.2 Å². The minimum Gasteiger partial charge on any atom is -0.361 e. The summed E-state index contributed by atoms with van der Waals surface area (Å²) in [6.45, 7) is 5.42. The molecule has 0 saturated carbocycles. The number of halogens is 1. The van der Waals surface area contributed by atoms with E-state index >= 15 is 0 Å². The fourth-order valence-electron chi connectivity index (χ4n) is 6.65. The lowest BCUT2D eigenvalue weighted by Crippen LogP contribution is -2.54. The van der Waals surface area contributed by atoms with Gasteiger partial charge in [0.1, 0.15) is 0 Å². The normalized spacial score (nSPS) is 18.6. The van der Waals surface area contributed by atoms with Gasteiger partial charge in [0.15, 0.2) is 5.69 Å². The molecule has 3 atom stereocenters. The molecule has 0 aliphatic carbocycles. The highest BCUT2D eigenvalue weighted by Gasteiger charge is 2.48. The highest BCUT2D eigenvalue weighted by Crippen LogP contribution is 2.36. The maximum atomic E-state index is 13.5. The van der Waals surface area contributed by atoms with Crippen LogP contribution in [0.3, 0.4) is 0 Å². The molecule has 4 aromatic rings. The fourth-order valence-corrected chi connectivity index (χ4v) is 6.82. The number of hydrogen-bond donors (Lipinski definition) is 3. The predicted molar refractivity (Wildman–Crippen MR) is 185 cm³/mol. The highest BCUT2D eigenvalue weighted by molar-refractivity contribution is 6.31. The number of benzene rings is 2. The minimum absolute atomic E-state index is 0.0750. The molecule has 2 aromatic carbocycles. The van der Waals surface area contributed by atoms with Gasteiger partial charge in [0.2, 0.25) is 17.7 Å². The van der Waals surface area contributed by atoms with Crippen molar-refractivity contribution in [2.75, 3.05) is 39.8 Å². The molecule has 2 aliphatic heterocycles. The fraction of sp³-hybridized carbons (Fsp3) is 0.417. The van der Waals surface area contributed by atoms with Gasteiger partial charge in [-0.05, 0) is 54.5 Å². The van der Waals surface area contributed by atoms with Gasteiger partial charge in [-0.15, -0.1) is 0 Å². The first-order valence-corrected chi connectivity index (χ1v) is 16.8. The quantitative estimate of drug-likeness (QED) is 0.262. The molecule has 2 aliphatic rings. The van der Waals surface area contributed by atoms with E-state index in [1.54, 1.807) is 33.7 Å². The van der Waals surface area contributed by atoms with Crippen LogP contribution in [0.4, 0.5) is 0 Å². The third kappa shape index (κ3) is 8.07. The number of nitrogens with one attached hydrogen (secondary N) is 3. The van der Waals surface area contributed by atoms with Crippen LogP contribution in [0.25, 0.3) is 10.9 Å². The van der Waals surface area contributed by atoms with E-state index in [1.165, 1.54) is 25.5 Å². The third-order valence-corrected chi connectivity index (χ3v) is 9.58. The number of nitrogens with zero attached hydrogens (tertiary/aromatic N) is 4. The van der Waals surface area contributed by atoms with Crippen molar-refractivity contribution in [3.05, 3.63) is 88.3 Å². The number of amides is 4. The molecule has 6 rings (SSSR count). The van der Waals surface area contributed by atoms with E-state index in [2.05, 4.69) is 58.0 Å². The Hall–Kier alpha value is -4.64. The van der Waals surface area contributed by atoms with Crippen LogP contribution < -0.4 is 10.6 Å². The topological polar surface area (TPSA) is 132 Å². The first-order chi connectivity index (χ1) is 23.1. The van der Waals surface area contributed by atoms with E-state index in [0.29, 0.717) is 30.4 Å². The second-order valence-corrected chi connectivity index (χ2v) is 13.1. The number of hydrogen-bond acceptors (Lipinski definition) is 5. The van der Waals surface area contributed by atoms with Gasteiger partial charge in [-0.1, -0.05) is 61.3 Å². The summed E-state index contributed by atoms with van der Waals surface area (Å²) in [7, 11) is 3.29. The van der Waals surface area contributed by atoms with Crippen molar-refractivity contribution in [1.29, 1.82) is 0 Å². The molecule has 254 valence electrons. The average Bonchev–Trinajstić information content (AvgIpc) is 3.79. The maximum Gasteiger partial charge on any atom is 0.274 e. The third-order valence-electron chi connectivity index (χ3n) is 9.34. The summed E-state index contributed by atoms with van der Waals surface area (Å²) in [4.78, 5) is 58.5. The van der Waals surface area contributed by atoms with Gasteiger partial charge in [0, 0.05) is 68.1 Å². The van der Waals surface area contributed by atoms with Gasteiger partial charge in [0.25, 0.3) is 5.91 Å². The number of carbonyl (C=O) groups excluding carboxylic acids is 4. The lowest BCUT2D eigenvalue weighted by atomic mass is 9.79. The zero-order valence-corrected chi connectivity index (χ0v) is 28.7. The first-order valence-electron chi connectivity index (χ1n) is 16.4. The second-order valence-electron chi connectivity index (χ2n) is 12.6.